The number of hydrogen-bond donors (Lipinski definition) is 2. The molecule has 0 aliphatic carbocycles. The number of nitrogens with zero attached hydrogens (tertiary/aromatic N) is 5. The second-order valence-electron chi connectivity index (χ2n) is 9.44. The molecule has 37 heavy (non-hydrogen) atoms. The number of anilines is 1. The van der Waals surface area contributed by atoms with Gasteiger partial charge in [-0.15, -0.1) is 0 Å². The zero-order valence-electron chi connectivity index (χ0n) is 21.2. The van der Waals surface area contributed by atoms with Crippen molar-refractivity contribution in [3.63, 3.8) is 0 Å². The monoisotopic (exact) mass is 492 g/mol. The van der Waals surface area contributed by atoms with Gasteiger partial charge in [0, 0.05) is 5.69 Å². The highest BCUT2D eigenvalue weighted by Gasteiger charge is 2.20. The Balaban J connectivity index is 1.80. The van der Waals surface area contributed by atoms with Crippen molar-refractivity contribution in [1.82, 2.24) is 24.3 Å². The van der Waals surface area contributed by atoms with Crippen molar-refractivity contribution in [2.45, 2.75) is 46.3 Å². The summed E-state index contributed by atoms with van der Waals surface area (Å²) in [7, 11) is 0. The number of nitrogen functional groups attached to an aromatic ring is 1. The first kappa shape index (κ1) is 24.2. The summed E-state index contributed by atoms with van der Waals surface area (Å²) in [5, 5.41) is 16.4. The van der Waals surface area contributed by atoms with Gasteiger partial charge in [-0.1, -0.05) is 56.2 Å². The van der Waals surface area contributed by atoms with E-state index in [0.717, 1.165) is 27.9 Å². The topological polar surface area (TPSA) is 112 Å². The predicted octanol–water partition coefficient (Wildman–Crippen LogP) is 3.93. The Morgan fingerprint density at radius 1 is 1.05 bits per heavy atom. The van der Waals surface area contributed by atoms with E-state index in [-0.39, 0.29) is 23.8 Å². The van der Waals surface area contributed by atoms with Gasteiger partial charge in [0.2, 0.25) is 0 Å². The molecule has 3 N–H and O–H groups in total. The highest BCUT2D eigenvalue weighted by atomic mass is 16.3. The lowest BCUT2D eigenvalue weighted by Crippen LogP contribution is -2.25. The molecule has 0 fully saturated rings. The summed E-state index contributed by atoms with van der Waals surface area (Å²) in [6, 6.07) is 15.9. The average molecular weight is 493 g/mol. The molecule has 0 saturated heterocycles. The molecule has 0 amide bonds. The van der Waals surface area contributed by atoms with Crippen LogP contribution in [-0.2, 0) is 6.54 Å². The van der Waals surface area contributed by atoms with E-state index in [1.165, 1.54) is 6.33 Å². The van der Waals surface area contributed by atoms with Crippen LogP contribution in [0.4, 0.5) is 5.82 Å². The molecule has 5 aromatic rings. The Kier molecular flexibility index (Phi) is 6.24. The summed E-state index contributed by atoms with van der Waals surface area (Å²) in [5.41, 5.74) is 10.5. The molecule has 186 valence electrons. The number of aliphatic hydroxyl groups excluding tert-OH is 1. The molecule has 3 aromatic heterocycles. The number of aryl methyl sites for hydroxylation is 1. The van der Waals surface area contributed by atoms with Crippen LogP contribution in [-0.4, -0.2) is 35.5 Å². The van der Waals surface area contributed by atoms with Crippen LogP contribution in [0.5, 0.6) is 0 Å². The zero-order chi connectivity index (χ0) is 26.3. The third-order valence-electron chi connectivity index (χ3n) is 6.40. The SMILES string of the molecule is Cc1cccc2cc(Cn3nc(C#CC(C)O)c4c(N)ncnc43)n(-c3ccccc3C(C)C)c(=O)c12. The van der Waals surface area contributed by atoms with Crippen LogP contribution in [0.3, 0.4) is 0 Å². The number of aromatic nitrogens is 5. The van der Waals surface area contributed by atoms with Gasteiger partial charge in [-0.3, -0.25) is 9.36 Å². The van der Waals surface area contributed by atoms with Gasteiger partial charge in [0.1, 0.15) is 23.9 Å². The molecule has 2 aromatic carbocycles. The number of pyridine rings is 1. The molecule has 0 radical (unpaired) electrons. The molecule has 1 unspecified atom stereocenters. The maximum absolute atomic E-state index is 14.1. The number of rotatable bonds is 4. The van der Waals surface area contributed by atoms with E-state index >= 15 is 0 Å². The summed E-state index contributed by atoms with van der Waals surface area (Å²) in [5.74, 6) is 6.08. The minimum atomic E-state index is -0.826. The Labute approximate surface area is 214 Å². The molecule has 0 spiro atoms. The van der Waals surface area contributed by atoms with E-state index in [9.17, 15) is 9.90 Å². The fourth-order valence-corrected chi connectivity index (χ4v) is 4.70. The Bertz CT molecular complexity index is 1770. The minimum absolute atomic E-state index is 0.0848. The summed E-state index contributed by atoms with van der Waals surface area (Å²) in [6.45, 7) is 8.01. The quantitative estimate of drug-likeness (QED) is 0.368. The van der Waals surface area contributed by atoms with E-state index in [1.54, 1.807) is 16.2 Å². The maximum Gasteiger partial charge on any atom is 0.263 e. The summed E-state index contributed by atoms with van der Waals surface area (Å²) < 4.78 is 3.47. The number of hydrogen-bond acceptors (Lipinski definition) is 6. The molecule has 0 aliphatic heterocycles. The number of aliphatic hydroxyl groups is 1. The van der Waals surface area contributed by atoms with Gasteiger partial charge < -0.3 is 10.8 Å². The molecule has 8 heteroatoms. The van der Waals surface area contributed by atoms with Crippen LogP contribution in [0.2, 0.25) is 0 Å². The molecular weight excluding hydrogens is 464 g/mol. The lowest BCUT2D eigenvalue weighted by Gasteiger charge is -2.20. The molecule has 0 aliphatic rings. The zero-order valence-corrected chi connectivity index (χ0v) is 21.2. The van der Waals surface area contributed by atoms with Gasteiger partial charge in [-0.05, 0) is 54.3 Å². The van der Waals surface area contributed by atoms with Crippen molar-refractivity contribution in [1.29, 1.82) is 0 Å². The standard InChI is InChI=1S/C29H28N6O2/c1-17(2)22-10-5-6-11-24(22)35-21(14-20-9-7-8-18(3)25(20)29(35)37)15-34-28-26(27(30)31-16-32-28)23(33-34)13-12-19(4)36/h5-11,14,16-17,19,36H,15H2,1-4H3,(H2,30,31,32). The van der Waals surface area contributed by atoms with Gasteiger partial charge in [-0.25, -0.2) is 14.6 Å². The fraction of sp³-hybridized carbons (Fsp3) is 0.241. The number of benzene rings is 2. The van der Waals surface area contributed by atoms with E-state index in [2.05, 4.69) is 46.8 Å². The van der Waals surface area contributed by atoms with Gasteiger partial charge >= 0.3 is 0 Å². The Morgan fingerprint density at radius 2 is 1.84 bits per heavy atom. The maximum atomic E-state index is 14.1. The smallest absolute Gasteiger partial charge is 0.263 e. The predicted molar refractivity (Wildman–Crippen MR) is 146 cm³/mol. The second kappa shape index (κ2) is 9.52. The highest BCUT2D eigenvalue weighted by molar-refractivity contribution is 5.90. The first-order chi connectivity index (χ1) is 17.8. The third-order valence-corrected chi connectivity index (χ3v) is 6.40. The first-order valence-electron chi connectivity index (χ1n) is 12.2. The number of nitrogens with two attached hydrogens (primary N) is 1. The number of para-hydroxylation sites is 1. The van der Waals surface area contributed by atoms with E-state index in [1.807, 2.05) is 49.4 Å². The summed E-state index contributed by atoms with van der Waals surface area (Å²) >= 11 is 0. The van der Waals surface area contributed by atoms with Crippen molar-refractivity contribution in [3.8, 4) is 17.5 Å². The Morgan fingerprint density at radius 3 is 2.59 bits per heavy atom. The van der Waals surface area contributed by atoms with Gasteiger partial charge in [0.25, 0.3) is 5.56 Å². The first-order valence-corrected chi connectivity index (χ1v) is 12.2. The molecule has 1 atom stereocenters. The van der Waals surface area contributed by atoms with Crippen LogP contribution < -0.4 is 11.3 Å². The van der Waals surface area contributed by atoms with Crippen molar-refractivity contribution in [2.24, 2.45) is 0 Å². The largest absolute Gasteiger partial charge is 0.383 e. The molecular formula is C29H28N6O2. The van der Waals surface area contributed by atoms with Gasteiger partial charge in [0.15, 0.2) is 5.65 Å². The Hall–Kier alpha value is -4.48. The van der Waals surface area contributed by atoms with Crippen molar-refractivity contribution in [3.05, 3.63) is 87.7 Å². The molecule has 0 saturated carbocycles. The van der Waals surface area contributed by atoms with Crippen LogP contribution in [0.1, 0.15) is 49.2 Å². The van der Waals surface area contributed by atoms with Crippen LogP contribution in [0, 0.1) is 18.8 Å². The van der Waals surface area contributed by atoms with Crippen LogP contribution in [0.25, 0.3) is 27.5 Å². The minimum Gasteiger partial charge on any atom is -0.383 e. The van der Waals surface area contributed by atoms with E-state index < -0.39 is 6.10 Å². The van der Waals surface area contributed by atoms with E-state index in [0.29, 0.717) is 22.1 Å². The fourth-order valence-electron chi connectivity index (χ4n) is 4.70. The third kappa shape index (κ3) is 4.34. The lowest BCUT2D eigenvalue weighted by atomic mass is 10.00. The van der Waals surface area contributed by atoms with Gasteiger partial charge in [0.05, 0.1) is 23.0 Å². The molecule has 5 rings (SSSR count). The molecule has 3 heterocycles. The van der Waals surface area contributed by atoms with Crippen molar-refractivity contribution < 1.29 is 5.11 Å². The summed E-state index contributed by atoms with van der Waals surface area (Å²) in [6.07, 6.45) is 0.555. The number of fused-ring (bicyclic) bond motifs is 2. The molecule has 8 nitrogen and oxygen atoms in total. The average Bonchev–Trinajstić information content (AvgIpc) is 3.21. The van der Waals surface area contributed by atoms with Crippen molar-refractivity contribution in [2.75, 3.05) is 5.73 Å². The van der Waals surface area contributed by atoms with E-state index in [4.69, 9.17) is 5.73 Å². The molecule has 0 bridgehead atoms. The summed E-state index contributed by atoms with van der Waals surface area (Å²) in [4.78, 5) is 22.6. The normalized spacial score (nSPS) is 12.2. The van der Waals surface area contributed by atoms with Gasteiger partial charge in [-0.2, -0.15) is 5.10 Å². The van der Waals surface area contributed by atoms with Crippen molar-refractivity contribution >= 4 is 27.6 Å². The van der Waals surface area contributed by atoms with Crippen LogP contribution >= 0.6 is 0 Å². The lowest BCUT2D eigenvalue weighted by molar-refractivity contribution is 0.253. The second-order valence-corrected chi connectivity index (χ2v) is 9.44. The highest BCUT2D eigenvalue weighted by Crippen LogP contribution is 2.27. The van der Waals surface area contributed by atoms with Crippen LogP contribution in [0.15, 0.2) is 59.7 Å².